The predicted octanol–water partition coefficient (Wildman–Crippen LogP) is 3.08. The maximum Gasteiger partial charge on any atom is 0.305 e. The number of rotatable bonds is 7. The number of amides is 1. The van der Waals surface area contributed by atoms with E-state index in [9.17, 15) is 9.59 Å². The van der Waals surface area contributed by atoms with Gasteiger partial charge in [0.2, 0.25) is 11.9 Å². The van der Waals surface area contributed by atoms with Gasteiger partial charge < -0.3 is 15.0 Å². The molecule has 150 valence electrons. The second-order valence-corrected chi connectivity index (χ2v) is 7.18. The molecule has 1 amide bonds. The van der Waals surface area contributed by atoms with Crippen LogP contribution < -0.4 is 10.2 Å². The first-order chi connectivity index (χ1) is 13.0. The zero-order valence-electron chi connectivity index (χ0n) is 16.8. The topological polar surface area (TPSA) is 84.4 Å². The van der Waals surface area contributed by atoms with Crippen molar-refractivity contribution in [2.45, 2.75) is 71.3 Å². The van der Waals surface area contributed by atoms with Crippen molar-refractivity contribution in [3.05, 3.63) is 17.5 Å². The van der Waals surface area contributed by atoms with Crippen LogP contribution in [0.3, 0.4) is 0 Å². The highest BCUT2D eigenvalue weighted by Crippen LogP contribution is 2.20. The molecule has 1 N–H and O–H groups in total. The van der Waals surface area contributed by atoms with E-state index in [0.717, 1.165) is 30.3 Å². The van der Waals surface area contributed by atoms with Gasteiger partial charge in [-0.15, -0.1) is 0 Å². The van der Waals surface area contributed by atoms with Gasteiger partial charge in [0.05, 0.1) is 13.2 Å². The van der Waals surface area contributed by atoms with Crippen LogP contribution in [-0.2, 0) is 14.3 Å². The molecule has 0 saturated carbocycles. The molecule has 27 heavy (non-hydrogen) atoms. The van der Waals surface area contributed by atoms with E-state index in [1.54, 1.807) is 0 Å². The van der Waals surface area contributed by atoms with Crippen LogP contribution in [0.4, 0.5) is 5.95 Å². The van der Waals surface area contributed by atoms with Gasteiger partial charge in [-0.25, -0.2) is 9.97 Å². The molecule has 0 aromatic carbocycles. The highest BCUT2D eigenvalue weighted by molar-refractivity contribution is 5.77. The molecule has 7 nitrogen and oxygen atoms in total. The third kappa shape index (κ3) is 6.81. The SMILES string of the molecule is COC(=O)CCCC(=O)NC(C)c1cnc(N2CCCCCCC2)nc1C. The molecule has 1 unspecified atom stereocenters. The standard InChI is InChI=1S/C20H32N4O3/c1-15(22-18(25)10-9-11-19(26)27-3)17-14-21-20(23-16(17)2)24-12-7-5-4-6-8-13-24/h14-15H,4-13H2,1-3H3,(H,22,25). The van der Waals surface area contributed by atoms with Gasteiger partial charge in [0.1, 0.15) is 0 Å². The number of anilines is 1. The Morgan fingerprint density at radius 1 is 1.19 bits per heavy atom. The Morgan fingerprint density at radius 2 is 1.85 bits per heavy atom. The highest BCUT2D eigenvalue weighted by Gasteiger charge is 2.17. The van der Waals surface area contributed by atoms with Crippen LogP contribution in [0, 0.1) is 6.92 Å². The number of esters is 1. The number of ether oxygens (including phenoxy) is 1. The summed E-state index contributed by atoms with van der Waals surface area (Å²) in [5.74, 6) is 0.410. The average Bonchev–Trinajstić information content (AvgIpc) is 2.61. The minimum atomic E-state index is -0.292. The largest absolute Gasteiger partial charge is 0.469 e. The van der Waals surface area contributed by atoms with E-state index in [0.29, 0.717) is 12.8 Å². The first kappa shape index (κ1) is 21.1. The van der Waals surface area contributed by atoms with Crippen molar-refractivity contribution < 1.29 is 14.3 Å². The first-order valence-corrected chi connectivity index (χ1v) is 9.96. The van der Waals surface area contributed by atoms with Crippen LogP contribution >= 0.6 is 0 Å². The molecule has 1 saturated heterocycles. The molecule has 0 radical (unpaired) electrons. The Kier molecular flexibility index (Phi) is 8.48. The van der Waals surface area contributed by atoms with Crippen molar-refractivity contribution in [1.82, 2.24) is 15.3 Å². The summed E-state index contributed by atoms with van der Waals surface area (Å²) in [7, 11) is 1.35. The van der Waals surface area contributed by atoms with E-state index in [4.69, 9.17) is 4.98 Å². The van der Waals surface area contributed by atoms with Crippen LogP contribution in [0.5, 0.6) is 0 Å². The Labute approximate surface area is 161 Å². The molecule has 7 heteroatoms. The summed E-state index contributed by atoms with van der Waals surface area (Å²) >= 11 is 0. The van der Waals surface area contributed by atoms with Crippen molar-refractivity contribution in [3.8, 4) is 0 Å². The second kappa shape index (κ2) is 10.8. The molecule has 0 spiro atoms. The fraction of sp³-hybridized carbons (Fsp3) is 0.700. The van der Waals surface area contributed by atoms with E-state index in [1.165, 1.54) is 39.2 Å². The number of nitrogens with zero attached hydrogens (tertiary/aromatic N) is 3. The Balaban J connectivity index is 1.91. The lowest BCUT2D eigenvalue weighted by Gasteiger charge is -2.25. The molecule has 0 aliphatic carbocycles. The van der Waals surface area contributed by atoms with Gasteiger partial charge in [0.15, 0.2) is 0 Å². The molecule has 1 fully saturated rings. The Bertz CT molecular complexity index is 628. The van der Waals surface area contributed by atoms with E-state index in [1.807, 2.05) is 20.0 Å². The van der Waals surface area contributed by atoms with Crippen molar-refractivity contribution in [1.29, 1.82) is 0 Å². The highest BCUT2D eigenvalue weighted by atomic mass is 16.5. The van der Waals surface area contributed by atoms with Gasteiger partial charge in [0, 0.05) is 43.4 Å². The number of aryl methyl sites for hydroxylation is 1. The van der Waals surface area contributed by atoms with Crippen LogP contribution in [0.25, 0.3) is 0 Å². The zero-order chi connectivity index (χ0) is 19.6. The van der Waals surface area contributed by atoms with Crippen LogP contribution in [-0.4, -0.2) is 42.0 Å². The monoisotopic (exact) mass is 376 g/mol. The van der Waals surface area contributed by atoms with Crippen LogP contribution in [0.1, 0.15) is 75.6 Å². The molecule has 1 aliphatic heterocycles. The number of carbonyl (C=O) groups is 2. The summed E-state index contributed by atoms with van der Waals surface area (Å²) in [6, 6.07) is -0.169. The molecule has 2 rings (SSSR count). The molecule has 0 bridgehead atoms. The van der Waals surface area contributed by atoms with E-state index in [2.05, 4.69) is 19.9 Å². The minimum Gasteiger partial charge on any atom is -0.469 e. The third-order valence-electron chi connectivity index (χ3n) is 5.00. The maximum atomic E-state index is 12.1. The molecule has 1 aliphatic rings. The van der Waals surface area contributed by atoms with Crippen molar-refractivity contribution in [2.24, 2.45) is 0 Å². The van der Waals surface area contributed by atoms with Crippen LogP contribution in [0.2, 0.25) is 0 Å². The summed E-state index contributed by atoms with van der Waals surface area (Å²) in [6.07, 6.45) is 9.09. The lowest BCUT2D eigenvalue weighted by Crippen LogP contribution is -2.30. The third-order valence-corrected chi connectivity index (χ3v) is 5.00. The number of methoxy groups -OCH3 is 1. The van der Waals surface area contributed by atoms with Crippen molar-refractivity contribution in [3.63, 3.8) is 0 Å². The number of nitrogens with one attached hydrogen (secondary N) is 1. The fourth-order valence-corrected chi connectivity index (χ4v) is 3.38. The van der Waals surface area contributed by atoms with Gasteiger partial charge >= 0.3 is 5.97 Å². The maximum absolute atomic E-state index is 12.1. The number of hydrogen-bond donors (Lipinski definition) is 1. The molecule has 1 aromatic heterocycles. The van der Waals surface area contributed by atoms with Crippen molar-refractivity contribution >= 4 is 17.8 Å². The molecule has 1 atom stereocenters. The summed E-state index contributed by atoms with van der Waals surface area (Å²) in [5, 5.41) is 2.96. The van der Waals surface area contributed by atoms with Crippen LogP contribution in [0.15, 0.2) is 6.20 Å². The molecule has 1 aromatic rings. The zero-order valence-corrected chi connectivity index (χ0v) is 16.8. The molecule has 2 heterocycles. The summed E-state index contributed by atoms with van der Waals surface area (Å²) < 4.78 is 4.58. The number of aromatic nitrogens is 2. The van der Waals surface area contributed by atoms with Gasteiger partial charge in [-0.05, 0) is 33.1 Å². The smallest absolute Gasteiger partial charge is 0.305 e. The lowest BCUT2D eigenvalue weighted by molar-refractivity contribution is -0.140. The lowest BCUT2D eigenvalue weighted by atomic mass is 10.1. The quantitative estimate of drug-likeness (QED) is 0.736. The number of hydrogen-bond acceptors (Lipinski definition) is 6. The van der Waals surface area contributed by atoms with Gasteiger partial charge in [-0.3, -0.25) is 9.59 Å². The summed E-state index contributed by atoms with van der Waals surface area (Å²) in [5.41, 5.74) is 1.82. The molecular formula is C20H32N4O3. The minimum absolute atomic E-state index is 0.0846. The normalized spacial score (nSPS) is 16.2. The van der Waals surface area contributed by atoms with E-state index in [-0.39, 0.29) is 24.3 Å². The number of carbonyl (C=O) groups excluding carboxylic acids is 2. The van der Waals surface area contributed by atoms with Gasteiger partial charge in [0.25, 0.3) is 0 Å². The summed E-state index contributed by atoms with van der Waals surface area (Å²) in [4.78, 5) is 34.7. The fourth-order valence-electron chi connectivity index (χ4n) is 3.38. The second-order valence-electron chi connectivity index (χ2n) is 7.18. The van der Waals surface area contributed by atoms with Gasteiger partial charge in [-0.2, -0.15) is 0 Å². The van der Waals surface area contributed by atoms with Crippen molar-refractivity contribution in [2.75, 3.05) is 25.1 Å². The van der Waals surface area contributed by atoms with E-state index >= 15 is 0 Å². The average molecular weight is 377 g/mol. The molecular weight excluding hydrogens is 344 g/mol. The van der Waals surface area contributed by atoms with E-state index < -0.39 is 0 Å². The predicted molar refractivity (Wildman–Crippen MR) is 104 cm³/mol. The summed E-state index contributed by atoms with van der Waals surface area (Å²) in [6.45, 7) is 5.90. The Hall–Kier alpha value is -2.18. The first-order valence-electron chi connectivity index (χ1n) is 9.96. The van der Waals surface area contributed by atoms with Gasteiger partial charge in [-0.1, -0.05) is 19.3 Å². The Morgan fingerprint density at radius 3 is 2.48 bits per heavy atom.